The van der Waals surface area contributed by atoms with Crippen LogP contribution in [0.25, 0.3) is 0 Å². The van der Waals surface area contributed by atoms with Crippen LogP contribution in [0.15, 0.2) is 90.1 Å². The van der Waals surface area contributed by atoms with Crippen LogP contribution in [-0.4, -0.2) is 24.8 Å². The Kier molecular flexibility index (Phi) is 6.41. The van der Waals surface area contributed by atoms with Crippen LogP contribution in [0.4, 0.5) is 17.1 Å². The van der Waals surface area contributed by atoms with Crippen LogP contribution in [0.2, 0.25) is 0 Å². The molecule has 0 saturated heterocycles. The molecule has 0 unspecified atom stereocenters. The summed E-state index contributed by atoms with van der Waals surface area (Å²) in [6.45, 7) is 6.12. The third-order valence-electron chi connectivity index (χ3n) is 7.01. The Morgan fingerprint density at radius 1 is 0.914 bits per heavy atom. The highest BCUT2D eigenvalue weighted by molar-refractivity contribution is 6.11. The minimum Gasteiger partial charge on any atom is -0.372 e. The zero-order chi connectivity index (χ0) is 24.4. The first-order chi connectivity index (χ1) is 17.1. The van der Waals surface area contributed by atoms with E-state index in [9.17, 15) is 9.59 Å². The number of fused-ring (bicyclic) bond motifs is 1. The van der Waals surface area contributed by atoms with Crippen molar-refractivity contribution in [1.29, 1.82) is 0 Å². The first kappa shape index (κ1) is 22.9. The number of Topliss-reactive ketones (excluding diaryl/α,β-unsaturated/α-hetero) is 1. The van der Waals surface area contributed by atoms with Crippen molar-refractivity contribution in [1.82, 2.24) is 0 Å². The van der Waals surface area contributed by atoms with Gasteiger partial charge in [-0.1, -0.05) is 42.5 Å². The highest BCUT2D eigenvalue weighted by Crippen LogP contribution is 2.45. The molecule has 1 amide bonds. The summed E-state index contributed by atoms with van der Waals surface area (Å²) in [6.07, 6.45) is 2.10. The van der Waals surface area contributed by atoms with Gasteiger partial charge in [0, 0.05) is 42.0 Å². The standard InChI is InChI=1S/C30H31N3O2/c1-3-32(4-2)23-19-17-21(18-20-23)29-28-25(14-10-16-27(28)34)31-24-13-8-9-15-26(24)33(29)30(35)22-11-6-5-7-12-22/h5-9,11-13,15,17-20,29,31H,3-4,10,14,16H2,1-2H3/t29-/m0/s1. The van der Waals surface area contributed by atoms with Crippen molar-refractivity contribution in [2.24, 2.45) is 0 Å². The van der Waals surface area contributed by atoms with Gasteiger partial charge in [0.15, 0.2) is 5.78 Å². The number of hydrogen-bond acceptors (Lipinski definition) is 4. The zero-order valence-corrected chi connectivity index (χ0v) is 20.3. The second-order valence-electron chi connectivity index (χ2n) is 9.02. The second-order valence-corrected chi connectivity index (χ2v) is 9.02. The molecule has 0 radical (unpaired) electrons. The van der Waals surface area contributed by atoms with Gasteiger partial charge in [-0.2, -0.15) is 0 Å². The van der Waals surface area contributed by atoms with Crippen LogP contribution >= 0.6 is 0 Å². The van der Waals surface area contributed by atoms with E-state index in [4.69, 9.17) is 0 Å². The number of benzene rings is 3. The number of ketones is 1. The average molecular weight is 466 g/mol. The van der Waals surface area contributed by atoms with Crippen molar-refractivity contribution >= 4 is 28.8 Å². The van der Waals surface area contributed by atoms with Gasteiger partial charge in [0.25, 0.3) is 5.91 Å². The maximum atomic E-state index is 14.1. The normalized spacial score (nSPS) is 17.3. The molecule has 5 heteroatoms. The van der Waals surface area contributed by atoms with Crippen molar-refractivity contribution < 1.29 is 9.59 Å². The monoisotopic (exact) mass is 465 g/mol. The van der Waals surface area contributed by atoms with E-state index >= 15 is 0 Å². The van der Waals surface area contributed by atoms with Crippen LogP contribution in [-0.2, 0) is 4.79 Å². The molecule has 1 atom stereocenters. The van der Waals surface area contributed by atoms with Crippen molar-refractivity contribution in [3.05, 3.63) is 101 Å². The van der Waals surface area contributed by atoms with Crippen molar-refractivity contribution in [3.63, 3.8) is 0 Å². The van der Waals surface area contributed by atoms with E-state index in [1.807, 2.05) is 59.5 Å². The number of carbonyl (C=O) groups excluding carboxylic acids is 2. The lowest BCUT2D eigenvalue weighted by Crippen LogP contribution is -2.38. The molecule has 1 aliphatic carbocycles. The number of hydrogen-bond donors (Lipinski definition) is 1. The molecule has 0 saturated carbocycles. The predicted octanol–water partition coefficient (Wildman–Crippen LogP) is 6.35. The number of nitrogens with zero attached hydrogens (tertiary/aromatic N) is 2. The van der Waals surface area contributed by atoms with E-state index in [1.165, 1.54) is 0 Å². The summed E-state index contributed by atoms with van der Waals surface area (Å²) in [6, 6.07) is 25.0. The fourth-order valence-corrected chi connectivity index (χ4v) is 5.25. The molecular formula is C30H31N3O2. The highest BCUT2D eigenvalue weighted by Gasteiger charge is 2.39. The van der Waals surface area contributed by atoms with Crippen molar-refractivity contribution in [2.75, 3.05) is 28.2 Å². The third-order valence-corrected chi connectivity index (χ3v) is 7.01. The van der Waals surface area contributed by atoms with Crippen LogP contribution in [0.3, 0.4) is 0 Å². The quantitative estimate of drug-likeness (QED) is 0.477. The number of anilines is 3. The molecule has 35 heavy (non-hydrogen) atoms. The smallest absolute Gasteiger partial charge is 0.259 e. The Balaban J connectivity index is 1.72. The summed E-state index contributed by atoms with van der Waals surface area (Å²) in [4.78, 5) is 31.7. The van der Waals surface area contributed by atoms with E-state index in [-0.39, 0.29) is 11.7 Å². The van der Waals surface area contributed by atoms with Gasteiger partial charge < -0.3 is 10.2 Å². The molecular weight excluding hydrogens is 434 g/mol. The largest absolute Gasteiger partial charge is 0.372 e. The lowest BCUT2D eigenvalue weighted by molar-refractivity contribution is -0.116. The van der Waals surface area contributed by atoms with Gasteiger partial charge in [0.2, 0.25) is 0 Å². The van der Waals surface area contributed by atoms with Crippen LogP contribution in [0, 0.1) is 0 Å². The molecule has 3 aromatic carbocycles. The molecule has 0 spiro atoms. The van der Waals surface area contributed by atoms with E-state index in [0.29, 0.717) is 17.6 Å². The molecule has 3 aromatic rings. The Labute approximate surface area is 207 Å². The molecule has 5 nitrogen and oxygen atoms in total. The maximum Gasteiger partial charge on any atom is 0.259 e. The van der Waals surface area contributed by atoms with E-state index in [0.717, 1.165) is 54.3 Å². The molecule has 5 rings (SSSR count). The van der Waals surface area contributed by atoms with Gasteiger partial charge in [-0.3, -0.25) is 14.5 Å². The van der Waals surface area contributed by atoms with Crippen molar-refractivity contribution in [3.8, 4) is 0 Å². The summed E-state index contributed by atoms with van der Waals surface area (Å²) >= 11 is 0. The van der Waals surface area contributed by atoms with Gasteiger partial charge in [0.05, 0.1) is 17.4 Å². The summed E-state index contributed by atoms with van der Waals surface area (Å²) < 4.78 is 0. The number of carbonyl (C=O) groups is 2. The molecule has 1 aliphatic heterocycles. The first-order valence-corrected chi connectivity index (χ1v) is 12.5. The molecule has 1 N–H and O–H groups in total. The minimum absolute atomic E-state index is 0.107. The maximum absolute atomic E-state index is 14.1. The summed E-state index contributed by atoms with van der Waals surface area (Å²) in [7, 11) is 0. The molecule has 0 bridgehead atoms. The highest BCUT2D eigenvalue weighted by atomic mass is 16.2. The lowest BCUT2D eigenvalue weighted by atomic mass is 9.85. The predicted molar refractivity (Wildman–Crippen MR) is 142 cm³/mol. The first-order valence-electron chi connectivity index (χ1n) is 12.5. The fraction of sp³-hybridized carbons (Fsp3) is 0.267. The van der Waals surface area contributed by atoms with Gasteiger partial charge in [0.1, 0.15) is 0 Å². The molecule has 178 valence electrons. The summed E-state index contributed by atoms with van der Waals surface area (Å²) in [5, 5.41) is 3.53. The lowest BCUT2D eigenvalue weighted by Gasteiger charge is -2.34. The van der Waals surface area contributed by atoms with Crippen molar-refractivity contribution in [2.45, 2.75) is 39.2 Å². The zero-order valence-electron chi connectivity index (χ0n) is 20.3. The van der Waals surface area contributed by atoms with Crippen LogP contribution in [0.1, 0.15) is 55.1 Å². The Hall–Kier alpha value is -3.86. The van der Waals surface area contributed by atoms with Crippen LogP contribution < -0.4 is 15.1 Å². The number of rotatable bonds is 5. The minimum atomic E-state index is -0.507. The number of amides is 1. The van der Waals surface area contributed by atoms with E-state index in [1.54, 1.807) is 0 Å². The molecule has 2 aliphatic rings. The van der Waals surface area contributed by atoms with Crippen LogP contribution in [0.5, 0.6) is 0 Å². The van der Waals surface area contributed by atoms with Gasteiger partial charge in [-0.15, -0.1) is 0 Å². The van der Waals surface area contributed by atoms with Gasteiger partial charge in [-0.25, -0.2) is 0 Å². The summed E-state index contributed by atoms with van der Waals surface area (Å²) in [5.74, 6) is -0.0139. The molecule has 1 heterocycles. The van der Waals surface area contributed by atoms with Gasteiger partial charge in [-0.05, 0) is 68.7 Å². The second kappa shape index (κ2) is 9.79. The van der Waals surface area contributed by atoms with E-state index in [2.05, 4.69) is 48.3 Å². The Bertz CT molecular complexity index is 1260. The molecule has 0 fully saturated rings. The Morgan fingerprint density at radius 3 is 2.31 bits per heavy atom. The van der Waals surface area contributed by atoms with Gasteiger partial charge >= 0.3 is 0 Å². The number of allylic oxidation sites excluding steroid dienone is 1. The molecule has 0 aromatic heterocycles. The summed E-state index contributed by atoms with van der Waals surface area (Å²) in [5.41, 5.74) is 5.92. The van der Waals surface area contributed by atoms with E-state index < -0.39 is 6.04 Å². The fourth-order valence-electron chi connectivity index (χ4n) is 5.25. The number of para-hydroxylation sites is 2. The number of nitrogens with one attached hydrogen (secondary N) is 1. The SMILES string of the molecule is CCN(CC)c1ccc([C@H]2C3=C(CCCC3=O)Nc3ccccc3N2C(=O)c2ccccc2)cc1. The average Bonchev–Trinajstić information content (AvgIpc) is 3.05. The third kappa shape index (κ3) is 4.23. The topological polar surface area (TPSA) is 52.7 Å². The Morgan fingerprint density at radius 2 is 1.60 bits per heavy atom.